The monoisotopic (exact) mass is 464 g/mol. The summed E-state index contributed by atoms with van der Waals surface area (Å²) in [5.74, 6) is -0.441. The van der Waals surface area contributed by atoms with Crippen molar-refractivity contribution in [2.75, 3.05) is 32.1 Å². The first kappa shape index (κ1) is 22.5. The molecule has 0 radical (unpaired) electrons. The molecular formula is C23H24N6O3S. The Hall–Kier alpha value is -3.71. The molecule has 170 valence electrons. The van der Waals surface area contributed by atoms with Crippen LogP contribution in [0.4, 0.5) is 6.01 Å². The van der Waals surface area contributed by atoms with Crippen LogP contribution in [0.25, 0.3) is 11.3 Å². The number of carbonyl (C=O) groups excluding carboxylic acids is 2. The summed E-state index contributed by atoms with van der Waals surface area (Å²) in [6.45, 7) is 1.26. The van der Waals surface area contributed by atoms with Crippen molar-refractivity contribution >= 4 is 29.2 Å². The van der Waals surface area contributed by atoms with Gasteiger partial charge in [0.1, 0.15) is 5.01 Å². The largest absolute Gasteiger partial charge is 0.418 e. The van der Waals surface area contributed by atoms with E-state index in [9.17, 15) is 9.59 Å². The van der Waals surface area contributed by atoms with Crippen LogP contribution < -0.4 is 10.2 Å². The van der Waals surface area contributed by atoms with E-state index >= 15 is 0 Å². The van der Waals surface area contributed by atoms with Gasteiger partial charge in [-0.25, -0.2) is 9.97 Å². The van der Waals surface area contributed by atoms with Gasteiger partial charge in [-0.2, -0.15) is 5.26 Å². The van der Waals surface area contributed by atoms with Crippen molar-refractivity contribution in [3.8, 4) is 17.3 Å². The second-order valence-electron chi connectivity index (χ2n) is 8.03. The number of amides is 2. The average Bonchev–Trinajstić information content (AvgIpc) is 3.52. The van der Waals surface area contributed by atoms with E-state index in [0.29, 0.717) is 31.2 Å². The summed E-state index contributed by atoms with van der Waals surface area (Å²) in [4.78, 5) is 37.6. The van der Waals surface area contributed by atoms with Crippen molar-refractivity contribution < 1.29 is 14.0 Å². The van der Waals surface area contributed by atoms with Gasteiger partial charge < -0.3 is 19.5 Å². The highest BCUT2D eigenvalue weighted by atomic mass is 32.1. The number of rotatable bonds is 6. The van der Waals surface area contributed by atoms with E-state index in [4.69, 9.17) is 9.68 Å². The maximum atomic E-state index is 12.8. The Kier molecular flexibility index (Phi) is 6.70. The van der Waals surface area contributed by atoms with Gasteiger partial charge in [-0.05, 0) is 25.0 Å². The highest BCUT2D eigenvalue weighted by molar-refractivity contribution is 7.09. The van der Waals surface area contributed by atoms with Crippen molar-refractivity contribution in [3.05, 3.63) is 52.2 Å². The quantitative estimate of drug-likeness (QED) is 0.596. The lowest BCUT2D eigenvalue weighted by Gasteiger charge is -2.31. The molecule has 33 heavy (non-hydrogen) atoms. The van der Waals surface area contributed by atoms with E-state index in [-0.39, 0.29) is 23.5 Å². The Morgan fingerprint density at radius 1 is 1.33 bits per heavy atom. The normalized spacial score (nSPS) is 15.7. The molecular weight excluding hydrogens is 440 g/mol. The van der Waals surface area contributed by atoms with E-state index in [0.717, 1.165) is 29.1 Å². The van der Waals surface area contributed by atoms with Crippen LogP contribution in [-0.2, 0) is 11.3 Å². The molecule has 3 aromatic rings. The van der Waals surface area contributed by atoms with Gasteiger partial charge in [0.15, 0.2) is 0 Å². The number of nitrogens with one attached hydrogen (secondary N) is 1. The number of benzene rings is 1. The van der Waals surface area contributed by atoms with Gasteiger partial charge in [-0.3, -0.25) is 9.59 Å². The number of carbonyl (C=O) groups is 2. The molecule has 0 bridgehead atoms. The van der Waals surface area contributed by atoms with E-state index in [2.05, 4.69) is 21.4 Å². The summed E-state index contributed by atoms with van der Waals surface area (Å²) in [5, 5.41) is 14.6. The molecule has 1 N–H and O–H groups in total. The molecule has 1 aliphatic rings. The first-order valence-corrected chi connectivity index (χ1v) is 11.5. The molecule has 0 saturated carbocycles. The standard InChI is InChI=1S/C23H24N6O3S/c1-28(2)23-26-11-19(32-23)22(31)29-9-3-4-17(13-29)21(30)25-12-20-27-18(14-33-20)16-7-5-15(10-24)6-8-16/h5-8,11,14,17H,3-4,9,12-13H2,1-2H3,(H,25,30)/t17-/m0/s1. The van der Waals surface area contributed by atoms with Crippen LogP contribution in [0, 0.1) is 17.2 Å². The molecule has 2 aromatic heterocycles. The minimum Gasteiger partial charge on any atom is -0.418 e. The smallest absolute Gasteiger partial charge is 0.297 e. The Labute approximate surface area is 195 Å². The molecule has 0 unspecified atom stereocenters. The van der Waals surface area contributed by atoms with Gasteiger partial charge in [0.05, 0.1) is 36.0 Å². The number of oxazole rings is 1. The summed E-state index contributed by atoms with van der Waals surface area (Å²) < 4.78 is 5.51. The zero-order valence-electron chi connectivity index (χ0n) is 18.4. The molecule has 1 aromatic carbocycles. The fourth-order valence-electron chi connectivity index (χ4n) is 3.65. The number of hydrogen-bond donors (Lipinski definition) is 1. The summed E-state index contributed by atoms with van der Waals surface area (Å²) in [6.07, 6.45) is 2.90. The molecule has 1 atom stereocenters. The second-order valence-corrected chi connectivity index (χ2v) is 8.97. The van der Waals surface area contributed by atoms with Gasteiger partial charge in [-0.1, -0.05) is 12.1 Å². The zero-order chi connectivity index (χ0) is 23.4. The van der Waals surface area contributed by atoms with Crippen LogP contribution in [0.1, 0.15) is 34.0 Å². The average molecular weight is 465 g/mol. The summed E-state index contributed by atoms with van der Waals surface area (Å²) >= 11 is 1.47. The Balaban J connectivity index is 1.32. The number of anilines is 1. The van der Waals surface area contributed by atoms with E-state index < -0.39 is 0 Å². The molecule has 4 rings (SSSR count). The van der Waals surface area contributed by atoms with Crippen molar-refractivity contribution in [1.82, 2.24) is 20.2 Å². The molecule has 1 aliphatic heterocycles. The van der Waals surface area contributed by atoms with E-state index in [1.165, 1.54) is 17.5 Å². The number of nitrogens with zero attached hydrogens (tertiary/aromatic N) is 5. The van der Waals surface area contributed by atoms with Crippen molar-refractivity contribution in [2.24, 2.45) is 5.92 Å². The number of piperidine rings is 1. The third-order valence-corrected chi connectivity index (χ3v) is 6.29. The van der Waals surface area contributed by atoms with Crippen LogP contribution in [0.2, 0.25) is 0 Å². The first-order chi connectivity index (χ1) is 15.9. The zero-order valence-corrected chi connectivity index (χ0v) is 19.3. The van der Waals surface area contributed by atoms with Crippen LogP contribution in [0.5, 0.6) is 0 Å². The van der Waals surface area contributed by atoms with Crippen molar-refractivity contribution in [3.63, 3.8) is 0 Å². The van der Waals surface area contributed by atoms with E-state index in [1.807, 2.05) is 17.5 Å². The van der Waals surface area contributed by atoms with Crippen LogP contribution >= 0.6 is 11.3 Å². The van der Waals surface area contributed by atoms with Crippen LogP contribution in [0.3, 0.4) is 0 Å². The highest BCUT2D eigenvalue weighted by Crippen LogP contribution is 2.23. The lowest BCUT2D eigenvalue weighted by molar-refractivity contribution is -0.126. The molecule has 10 heteroatoms. The summed E-state index contributed by atoms with van der Waals surface area (Å²) in [7, 11) is 3.58. The topological polar surface area (TPSA) is 115 Å². The summed E-state index contributed by atoms with van der Waals surface area (Å²) in [6, 6.07) is 9.70. The van der Waals surface area contributed by atoms with E-state index in [1.54, 1.807) is 36.0 Å². The fourth-order valence-corrected chi connectivity index (χ4v) is 4.39. The van der Waals surface area contributed by atoms with Gasteiger partial charge >= 0.3 is 0 Å². The Morgan fingerprint density at radius 3 is 2.82 bits per heavy atom. The second kappa shape index (κ2) is 9.83. The minimum absolute atomic E-state index is 0.0887. The highest BCUT2D eigenvalue weighted by Gasteiger charge is 2.30. The maximum Gasteiger partial charge on any atom is 0.297 e. The predicted octanol–water partition coefficient (Wildman–Crippen LogP) is 2.90. The third kappa shape index (κ3) is 5.21. The van der Waals surface area contributed by atoms with Gasteiger partial charge in [0.2, 0.25) is 11.7 Å². The van der Waals surface area contributed by atoms with Gasteiger partial charge in [0.25, 0.3) is 11.9 Å². The number of thiazole rings is 1. The Morgan fingerprint density at radius 2 is 2.12 bits per heavy atom. The minimum atomic E-state index is -0.281. The third-order valence-electron chi connectivity index (χ3n) is 5.44. The number of aromatic nitrogens is 2. The number of nitriles is 1. The Bertz CT molecular complexity index is 1180. The molecule has 3 heterocycles. The lowest BCUT2D eigenvalue weighted by Crippen LogP contribution is -2.45. The van der Waals surface area contributed by atoms with Gasteiger partial charge in [-0.15, -0.1) is 11.3 Å². The molecule has 2 amide bonds. The van der Waals surface area contributed by atoms with Crippen LogP contribution in [0.15, 0.2) is 40.3 Å². The van der Waals surface area contributed by atoms with Crippen molar-refractivity contribution in [2.45, 2.75) is 19.4 Å². The lowest BCUT2D eigenvalue weighted by atomic mass is 9.97. The predicted molar refractivity (Wildman–Crippen MR) is 124 cm³/mol. The molecule has 0 aliphatic carbocycles. The molecule has 0 spiro atoms. The fraction of sp³-hybridized carbons (Fsp3) is 0.348. The number of hydrogen-bond acceptors (Lipinski definition) is 8. The van der Waals surface area contributed by atoms with Crippen molar-refractivity contribution in [1.29, 1.82) is 5.26 Å². The van der Waals surface area contributed by atoms with Gasteiger partial charge in [0, 0.05) is 38.1 Å². The SMILES string of the molecule is CN(C)c1ncc(C(=O)N2CCC[C@H](C(=O)NCc3nc(-c4ccc(C#N)cc4)cs3)C2)o1. The molecule has 1 fully saturated rings. The number of likely N-dealkylation sites (tertiary alicyclic amines) is 1. The first-order valence-electron chi connectivity index (χ1n) is 10.6. The molecule has 1 saturated heterocycles. The van der Waals surface area contributed by atoms with Crippen LogP contribution in [-0.4, -0.2) is 53.9 Å². The summed E-state index contributed by atoms with van der Waals surface area (Å²) in [5.41, 5.74) is 2.34. The maximum absolute atomic E-state index is 12.8. The molecule has 9 nitrogen and oxygen atoms in total.